The van der Waals surface area contributed by atoms with Crippen LogP contribution in [0.2, 0.25) is 0 Å². The largest absolute Gasteiger partial charge is 0.444 e. The molecule has 2 aromatic heterocycles. The summed E-state index contributed by atoms with van der Waals surface area (Å²) >= 11 is 0. The Labute approximate surface area is 233 Å². The van der Waals surface area contributed by atoms with E-state index < -0.39 is 17.6 Å². The Morgan fingerprint density at radius 1 is 0.850 bits per heavy atom. The van der Waals surface area contributed by atoms with Crippen LogP contribution in [0.3, 0.4) is 0 Å². The highest BCUT2D eigenvalue weighted by molar-refractivity contribution is 6.05. The molecule has 2 aromatic carbocycles. The van der Waals surface area contributed by atoms with Crippen molar-refractivity contribution in [3.05, 3.63) is 96.8 Å². The third-order valence-corrected chi connectivity index (χ3v) is 5.43. The minimum atomic E-state index is -0.674. The van der Waals surface area contributed by atoms with E-state index in [9.17, 15) is 9.59 Å². The van der Waals surface area contributed by atoms with E-state index in [0.29, 0.717) is 36.8 Å². The molecule has 10 heteroatoms. The first kappa shape index (κ1) is 28.2. The summed E-state index contributed by atoms with van der Waals surface area (Å²) in [7, 11) is 0. The van der Waals surface area contributed by atoms with Gasteiger partial charge in [-0.1, -0.05) is 42.5 Å². The molecule has 4 rings (SSSR count). The standard InChI is InChI=1S/C30H32N6O4/c1-30(2,3)40-29(38)36-25-12-11-23(22-9-5-4-6-10-22)16-26(25)35-28(37)27-33-18-24(19-34-27)32-14-15-39-20-21-8-7-13-31-17-21/h4-13,16-19,32H,14-15,20H2,1-3H3,(H,35,37)(H,36,38). The molecule has 4 aromatic rings. The van der Waals surface area contributed by atoms with Gasteiger partial charge in [0.2, 0.25) is 5.82 Å². The summed E-state index contributed by atoms with van der Waals surface area (Å²) in [4.78, 5) is 37.9. The first-order valence-electron chi connectivity index (χ1n) is 12.8. The first-order chi connectivity index (χ1) is 19.3. The van der Waals surface area contributed by atoms with Crippen LogP contribution in [-0.2, 0) is 16.1 Å². The van der Waals surface area contributed by atoms with E-state index in [0.717, 1.165) is 16.7 Å². The number of carbonyl (C=O) groups is 2. The van der Waals surface area contributed by atoms with Gasteiger partial charge >= 0.3 is 6.09 Å². The zero-order valence-corrected chi connectivity index (χ0v) is 22.7. The number of pyridine rings is 1. The van der Waals surface area contributed by atoms with Crippen LogP contribution in [0.5, 0.6) is 0 Å². The zero-order chi connectivity index (χ0) is 28.4. The number of nitrogens with one attached hydrogen (secondary N) is 3. The van der Waals surface area contributed by atoms with Crippen molar-refractivity contribution in [3.8, 4) is 11.1 Å². The third-order valence-electron chi connectivity index (χ3n) is 5.43. The Morgan fingerprint density at radius 3 is 2.33 bits per heavy atom. The van der Waals surface area contributed by atoms with Gasteiger partial charge in [-0.2, -0.15) is 0 Å². The Balaban J connectivity index is 1.39. The maximum Gasteiger partial charge on any atom is 0.412 e. The van der Waals surface area contributed by atoms with Gasteiger partial charge in [-0.3, -0.25) is 15.1 Å². The summed E-state index contributed by atoms with van der Waals surface area (Å²) < 4.78 is 11.0. The van der Waals surface area contributed by atoms with Gasteiger partial charge in [-0.15, -0.1) is 0 Å². The van der Waals surface area contributed by atoms with Crippen molar-refractivity contribution in [3.63, 3.8) is 0 Å². The molecule has 0 saturated heterocycles. The molecular formula is C30H32N6O4. The number of nitrogens with zero attached hydrogens (tertiary/aromatic N) is 3. The fourth-order valence-electron chi connectivity index (χ4n) is 3.64. The molecule has 40 heavy (non-hydrogen) atoms. The number of benzene rings is 2. The molecule has 2 amide bonds. The first-order valence-corrected chi connectivity index (χ1v) is 12.8. The minimum absolute atomic E-state index is 0.0216. The molecule has 0 saturated carbocycles. The average molecular weight is 541 g/mol. The van der Waals surface area contributed by atoms with Gasteiger partial charge in [0.15, 0.2) is 0 Å². The summed E-state index contributed by atoms with van der Waals surface area (Å²) in [5, 5.41) is 8.70. The van der Waals surface area contributed by atoms with E-state index in [2.05, 4.69) is 30.9 Å². The van der Waals surface area contributed by atoms with Crippen molar-refractivity contribution in [1.82, 2.24) is 15.0 Å². The molecule has 10 nitrogen and oxygen atoms in total. The van der Waals surface area contributed by atoms with Crippen molar-refractivity contribution >= 4 is 29.1 Å². The average Bonchev–Trinajstić information content (AvgIpc) is 2.94. The van der Waals surface area contributed by atoms with E-state index >= 15 is 0 Å². The van der Waals surface area contributed by atoms with Crippen molar-refractivity contribution in [1.29, 1.82) is 0 Å². The normalized spacial score (nSPS) is 11.0. The number of rotatable bonds is 10. The van der Waals surface area contributed by atoms with Crippen molar-refractivity contribution < 1.29 is 19.1 Å². The van der Waals surface area contributed by atoms with Crippen molar-refractivity contribution in [2.75, 3.05) is 29.1 Å². The summed E-state index contributed by atoms with van der Waals surface area (Å²) in [6, 6.07) is 18.9. The quantitative estimate of drug-likeness (QED) is 0.217. The van der Waals surface area contributed by atoms with Crippen LogP contribution >= 0.6 is 0 Å². The predicted molar refractivity (Wildman–Crippen MR) is 154 cm³/mol. The van der Waals surface area contributed by atoms with Crippen LogP contribution < -0.4 is 16.0 Å². The summed E-state index contributed by atoms with van der Waals surface area (Å²) in [6.45, 7) is 6.82. The van der Waals surface area contributed by atoms with Gasteiger partial charge in [-0.05, 0) is 55.7 Å². The lowest BCUT2D eigenvalue weighted by Gasteiger charge is -2.21. The molecule has 0 unspecified atom stereocenters. The maximum atomic E-state index is 13.0. The smallest absolute Gasteiger partial charge is 0.412 e. The highest BCUT2D eigenvalue weighted by Crippen LogP contribution is 2.30. The van der Waals surface area contributed by atoms with Crippen molar-refractivity contribution in [2.24, 2.45) is 0 Å². The van der Waals surface area contributed by atoms with E-state index in [1.807, 2.05) is 48.5 Å². The zero-order valence-electron chi connectivity index (χ0n) is 22.7. The van der Waals surface area contributed by atoms with E-state index in [-0.39, 0.29) is 5.82 Å². The fraction of sp³-hybridized carbons (Fsp3) is 0.233. The highest BCUT2D eigenvalue weighted by Gasteiger charge is 2.19. The SMILES string of the molecule is CC(C)(C)OC(=O)Nc1ccc(-c2ccccc2)cc1NC(=O)c1ncc(NCCOCc2cccnc2)cn1. The van der Waals surface area contributed by atoms with Crippen LogP contribution in [0.1, 0.15) is 37.0 Å². The van der Waals surface area contributed by atoms with Gasteiger partial charge in [0.1, 0.15) is 5.60 Å². The molecule has 0 radical (unpaired) electrons. The number of hydrogen-bond donors (Lipinski definition) is 3. The number of hydrogen-bond acceptors (Lipinski definition) is 8. The summed E-state index contributed by atoms with van der Waals surface area (Å²) in [5.41, 5.74) is 3.56. The van der Waals surface area contributed by atoms with Gasteiger partial charge in [0.05, 0.1) is 42.7 Å². The van der Waals surface area contributed by atoms with E-state index in [1.54, 1.807) is 45.3 Å². The predicted octanol–water partition coefficient (Wildman–Crippen LogP) is 5.77. The van der Waals surface area contributed by atoms with Gasteiger partial charge in [0, 0.05) is 18.9 Å². The summed E-state index contributed by atoms with van der Waals surface area (Å²) in [6.07, 6.45) is 5.91. The lowest BCUT2D eigenvalue weighted by molar-refractivity contribution is 0.0635. The van der Waals surface area contributed by atoms with Crippen LogP contribution in [-0.4, -0.2) is 45.7 Å². The van der Waals surface area contributed by atoms with Crippen LogP contribution in [0.25, 0.3) is 11.1 Å². The molecule has 0 aliphatic carbocycles. The Bertz CT molecular complexity index is 1410. The van der Waals surface area contributed by atoms with Crippen molar-refractivity contribution in [2.45, 2.75) is 33.0 Å². The number of ether oxygens (including phenoxy) is 2. The maximum absolute atomic E-state index is 13.0. The number of aromatic nitrogens is 3. The third kappa shape index (κ3) is 8.60. The Hall–Kier alpha value is -4.83. The van der Waals surface area contributed by atoms with Gasteiger partial charge in [0.25, 0.3) is 5.91 Å². The fourth-order valence-corrected chi connectivity index (χ4v) is 3.64. The minimum Gasteiger partial charge on any atom is -0.444 e. The Kier molecular flexibility index (Phi) is 9.37. The second-order valence-corrected chi connectivity index (χ2v) is 9.84. The van der Waals surface area contributed by atoms with Crippen LogP contribution in [0.4, 0.5) is 21.9 Å². The molecule has 0 spiro atoms. The number of carbonyl (C=O) groups excluding carboxylic acids is 2. The summed E-state index contributed by atoms with van der Waals surface area (Å²) in [5.74, 6) is -0.546. The molecule has 0 aliphatic heterocycles. The topological polar surface area (TPSA) is 127 Å². The molecule has 3 N–H and O–H groups in total. The lowest BCUT2D eigenvalue weighted by Crippen LogP contribution is -2.27. The van der Waals surface area contributed by atoms with E-state index in [4.69, 9.17) is 9.47 Å². The molecule has 206 valence electrons. The van der Waals surface area contributed by atoms with Crippen LogP contribution in [0.15, 0.2) is 85.5 Å². The Morgan fingerprint density at radius 2 is 1.62 bits per heavy atom. The second kappa shape index (κ2) is 13.3. The molecular weight excluding hydrogens is 508 g/mol. The molecule has 2 heterocycles. The molecule has 0 bridgehead atoms. The molecule has 0 fully saturated rings. The van der Waals surface area contributed by atoms with E-state index in [1.165, 1.54) is 12.4 Å². The number of amides is 2. The second-order valence-electron chi connectivity index (χ2n) is 9.84. The highest BCUT2D eigenvalue weighted by atomic mass is 16.6. The number of anilines is 3. The van der Waals surface area contributed by atoms with Gasteiger partial charge < -0.3 is 20.1 Å². The monoisotopic (exact) mass is 540 g/mol. The molecule has 0 aliphatic rings. The lowest BCUT2D eigenvalue weighted by atomic mass is 10.0. The van der Waals surface area contributed by atoms with Crippen LogP contribution in [0, 0.1) is 0 Å². The molecule has 0 atom stereocenters. The van der Waals surface area contributed by atoms with Gasteiger partial charge in [-0.25, -0.2) is 14.8 Å².